The molecule has 0 bridgehead atoms. The van der Waals surface area contributed by atoms with Gasteiger partial charge in [-0.3, -0.25) is 0 Å². The molecule has 0 saturated heterocycles. The summed E-state index contributed by atoms with van der Waals surface area (Å²) in [5, 5.41) is 0. The van der Waals surface area contributed by atoms with Crippen LogP contribution in [0.5, 0.6) is 0 Å². The molecule has 0 aromatic carbocycles. The van der Waals surface area contributed by atoms with Crippen LogP contribution in [0.1, 0.15) is 7.43 Å². The number of hydrogen-bond donors (Lipinski definition) is 0. The maximum absolute atomic E-state index is 6.11. The van der Waals surface area contributed by atoms with Crippen LogP contribution in [0.2, 0.25) is 0 Å². The molecule has 9 heteroatoms. The average molecular weight is 332 g/mol. The molecule has 0 aliphatic heterocycles. The van der Waals surface area contributed by atoms with E-state index in [0.29, 0.717) is 0 Å². The molecule has 0 atom stereocenters. The zero-order valence-corrected chi connectivity index (χ0v) is 11.2. The first-order chi connectivity index (χ1) is 2.83. The summed E-state index contributed by atoms with van der Waals surface area (Å²) in [5.41, 5.74) is 0. The van der Waals surface area contributed by atoms with Crippen molar-refractivity contribution in [1.82, 2.24) is 0 Å². The van der Waals surface area contributed by atoms with Crippen LogP contribution in [0.15, 0.2) is 0 Å². The Hall–Kier alpha value is 2.27. The molecular formula is CH4CoS8. The Bertz CT molecular complexity index is 880. The molecule has 10 heavy (non-hydrogen) atoms. The monoisotopic (exact) mass is 331 g/mol. The quantitative estimate of drug-likeness (QED) is 0.537. The van der Waals surface area contributed by atoms with Gasteiger partial charge in [-0.05, 0) is 0 Å². The molecule has 0 heterocycles. The molecule has 0 radical (unpaired) electrons. The van der Waals surface area contributed by atoms with E-state index in [1.54, 1.807) is 0 Å². The second kappa shape index (κ2) is 1.30. The van der Waals surface area contributed by atoms with Crippen LogP contribution in [-0.2, 0) is -4.47 Å². The van der Waals surface area contributed by atoms with E-state index in [1.165, 1.54) is 0 Å². The van der Waals surface area contributed by atoms with Crippen molar-refractivity contribution in [3.63, 3.8) is 0 Å². The van der Waals surface area contributed by atoms with E-state index in [1.807, 2.05) is 0 Å². The van der Waals surface area contributed by atoms with E-state index in [0.717, 1.165) is 0 Å². The summed E-state index contributed by atoms with van der Waals surface area (Å²) in [7, 11) is 35.9. The fraction of sp³-hybridized carbons (Fsp3) is 1.00. The van der Waals surface area contributed by atoms with Crippen LogP contribution in [0.25, 0.3) is 0 Å². The molecule has 0 fully saturated rings. The zero-order valence-electron chi connectivity index (χ0n) is 3.60. The van der Waals surface area contributed by atoms with Gasteiger partial charge < -0.3 is 0 Å². The Kier molecular flexibility index (Phi) is 1.91. The first kappa shape index (κ1) is 14.8. The van der Waals surface area contributed by atoms with Gasteiger partial charge in [-0.15, -0.1) is 0 Å². The molecule has 0 rings (SSSR count). The van der Waals surface area contributed by atoms with Gasteiger partial charge in [0.2, 0.25) is 0 Å². The Balaban J connectivity index is 0. The van der Waals surface area contributed by atoms with Gasteiger partial charge in [0.1, 0.15) is 0 Å². The van der Waals surface area contributed by atoms with Crippen molar-refractivity contribution in [2.45, 2.75) is 7.43 Å². The van der Waals surface area contributed by atoms with E-state index in [9.17, 15) is 0 Å². The summed E-state index contributed by atoms with van der Waals surface area (Å²) >= 11 is 0. The predicted octanol–water partition coefficient (Wildman–Crippen LogP) is 5.82. The van der Waals surface area contributed by atoms with E-state index in [-0.39, 0.29) is 7.43 Å². The van der Waals surface area contributed by atoms with Crippen molar-refractivity contribution in [3.05, 3.63) is 0 Å². The standard InChI is InChI=1S/CH4.Co.8S/h1H4;;;;;;;;;. The van der Waals surface area contributed by atoms with E-state index < -0.39 is -4.47 Å². The summed E-state index contributed by atoms with van der Waals surface area (Å²) in [6, 6.07) is 0. The van der Waals surface area contributed by atoms with Crippen LogP contribution in [0.3, 0.4) is 0 Å². The minimum absolute atomic E-state index is 0. The van der Waals surface area contributed by atoms with E-state index in [4.69, 9.17) is 0 Å². The third kappa shape index (κ3) is 172. The molecule has 0 unspecified atom stereocenters. The molecule has 0 aliphatic rings. The zero-order chi connectivity index (χ0) is 8.35. The van der Waals surface area contributed by atoms with Crippen molar-refractivity contribution in [1.29, 1.82) is 0 Å². The Morgan fingerprint density at radius 2 is 0.500 bits per heavy atom. The van der Waals surface area contributed by atoms with Crippen LogP contribution in [-0.4, -0.2) is 0 Å². The molecule has 0 aromatic rings. The molecule has 0 aromatic heterocycles. The third-order valence-corrected chi connectivity index (χ3v) is 0. The minimum atomic E-state index is -6.11. The van der Waals surface area contributed by atoms with Crippen molar-refractivity contribution < 1.29 is -4.47 Å². The number of rotatable bonds is 0. The molecule has 0 saturated carbocycles. The van der Waals surface area contributed by atoms with Crippen LogP contribution in [0.4, 0.5) is 0 Å². The molecule has 0 nitrogen and oxygen atoms in total. The van der Waals surface area contributed by atoms with Crippen LogP contribution >= 0.6 is 84.8 Å². The van der Waals surface area contributed by atoms with Crippen molar-refractivity contribution >= 4 is 84.8 Å². The molecular weight excluding hydrogens is 327 g/mol. The summed E-state index contributed by atoms with van der Waals surface area (Å²) < 4.78 is -6.11. The van der Waals surface area contributed by atoms with Gasteiger partial charge in [0.05, 0.1) is 0 Å². The maximum atomic E-state index is 4.48. The van der Waals surface area contributed by atoms with Gasteiger partial charge in [-0.2, -0.15) is 0 Å². The summed E-state index contributed by atoms with van der Waals surface area (Å²) in [6.07, 6.45) is 0. The summed E-state index contributed by atoms with van der Waals surface area (Å²) in [5.74, 6) is 0. The van der Waals surface area contributed by atoms with Gasteiger partial charge in [-0.1, -0.05) is 7.43 Å². The van der Waals surface area contributed by atoms with Gasteiger partial charge in [0.25, 0.3) is 0 Å². The first-order valence-electron chi connectivity index (χ1n) is 1.09. The third-order valence-electron chi connectivity index (χ3n) is 0. The normalized spacial score (nSPS) is 27.2. The van der Waals surface area contributed by atoms with Crippen molar-refractivity contribution in [3.8, 4) is 0 Å². The topological polar surface area (TPSA) is 0 Å². The predicted molar refractivity (Wildman–Crippen MR) is 67.5 cm³/mol. The second-order valence-corrected chi connectivity index (χ2v) is 57.7. The van der Waals surface area contributed by atoms with Gasteiger partial charge in [0, 0.05) is 0 Å². The molecule has 0 N–H and O–H groups in total. The van der Waals surface area contributed by atoms with E-state index in [2.05, 4.69) is 84.8 Å². The van der Waals surface area contributed by atoms with Crippen LogP contribution in [0, 0.1) is 0 Å². The number of hydrogen-bond acceptors (Lipinski definition) is 8. The van der Waals surface area contributed by atoms with Gasteiger partial charge in [-0.25, -0.2) is 0 Å². The Morgan fingerprint density at radius 1 is 0.500 bits per heavy atom. The van der Waals surface area contributed by atoms with Gasteiger partial charge >= 0.3 is 80.4 Å². The fourth-order valence-corrected chi connectivity index (χ4v) is 0. The van der Waals surface area contributed by atoms with Gasteiger partial charge in [0.15, 0.2) is 0 Å². The fourth-order valence-electron chi connectivity index (χ4n) is 0. The van der Waals surface area contributed by atoms with E-state index >= 15 is 0 Å². The molecule has 0 spiro atoms. The molecule has 0 aliphatic carbocycles. The summed E-state index contributed by atoms with van der Waals surface area (Å²) in [6.45, 7) is 0. The second-order valence-electron chi connectivity index (χ2n) is 1.56. The van der Waals surface area contributed by atoms with Crippen molar-refractivity contribution in [2.24, 2.45) is 0 Å². The Morgan fingerprint density at radius 3 is 0.500 bits per heavy atom. The molecule has 0 amide bonds. The average Bonchev–Trinajstić information content (AvgIpc) is 0.503. The SMILES string of the molecule is C.[S]=[Co](=[S])(=[S])(=[S])(=[S])(=[S])(=[S])=[S]. The Labute approximate surface area is 86.2 Å². The molecule has 65 valence electrons. The van der Waals surface area contributed by atoms with Crippen LogP contribution < -0.4 is 0 Å². The first-order valence-corrected chi connectivity index (χ1v) is 13.5. The van der Waals surface area contributed by atoms with Crippen molar-refractivity contribution in [2.75, 3.05) is 0 Å². The summed E-state index contributed by atoms with van der Waals surface area (Å²) in [4.78, 5) is 0.